The van der Waals surface area contributed by atoms with E-state index in [1.165, 1.54) is 16.2 Å². The van der Waals surface area contributed by atoms with E-state index in [1.807, 2.05) is 0 Å². The highest BCUT2D eigenvalue weighted by atomic mass is 79.9. The van der Waals surface area contributed by atoms with E-state index in [0.717, 1.165) is 3.79 Å². The van der Waals surface area contributed by atoms with E-state index >= 15 is 0 Å². The Bertz CT molecular complexity index is 494. The summed E-state index contributed by atoms with van der Waals surface area (Å²) in [6.45, 7) is 1.26. The number of piperazine rings is 1. The maximum absolute atomic E-state index is 13.1. The third-order valence-electron chi connectivity index (χ3n) is 3.26. The van der Waals surface area contributed by atoms with Gasteiger partial charge in [-0.25, -0.2) is 0 Å². The van der Waals surface area contributed by atoms with Gasteiger partial charge in [0, 0.05) is 38.1 Å². The van der Waals surface area contributed by atoms with Gasteiger partial charge in [0.25, 0.3) is 5.91 Å². The van der Waals surface area contributed by atoms with Crippen molar-refractivity contribution < 1.29 is 18.0 Å². The van der Waals surface area contributed by atoms with Gasteiger partial charge >= 0.3 is 6.18 Å². The number of nitrogens with one attached hydrogen (secondary N) is 2. The fraction of sp³-hybridized carbons (Fsp3) is 0.583. The highest BCUT2D eigenvalue weighted by molar-refractivity contribution is 9.11. The zero-order valence-electron chi connectivity index (χ0n) is 11.5. The molecule has 1 aromatic rings. The van der Waals surface area contributed by atoms with E-state index < -0.39 is 24.7 Å². The monoisotopic (exact) mass is 421 g/mol. The third-order valence-corrected chi connectivity index (χ3v) is 4.76. The van der Waals surface area contributed by atoms with Gasteiger partial charge in [-0.15, -0.1) is 23.7 Å². The first-order valence-corrected chi connectivity index (χ1v) is 8.09. The van der Waals surface area contributed by atoms with E-state index in [9.17, 15) is 18.0 Å². The third kappa shape index (κ3) is 5.38. The second kappa shape index (κ2) is 8.49. The molecule has 0 aromatic carbocycles. The van der Waals surface area contributed by atoms with Crippen LogP contribution < -0.4 is 10.6 Å². The van der Waals surface area contributed by atoms with Crippen molar-refractivity contribution in [3.8, 4) is 0 Å². The number of carbonyl (C=O) groups excluding carboxylic acids is 1. The molecule has 1 aromatic heterocycles. The van der Waals surface area contributed by atoms with E-state index in [-0.39, 0.29) is 12.4 Å². The lowest BCUT2D eigenvalue weighted by Crippen LogP contribution is -2.57. The Labute approximate surface area is 145 Å². The summed E-state index contributed by atoms with van der Waals surface area (Å²) in [5, 5.41) is 7.00. The van der Waals surface area contributed by atoms with Gasteiger partial charge in [0.1, 0.15) is 6.04 Å². The Morgan fingerprint density at radius 3 is 2.59 bits per heavy atom. The van der Waals surface area contributed by atoms with E-state index in [0.29, 0.717) is 31.7 Å². The molecule has 2 rings (SSSR count). The minimum atomic E-state index is -4.36. The van der Waals surface area contributed by atoms with Gasteiger partial charge in [-0.2, -0.15) is 13.2 Å². The fourth-order valence-electron chi connectivity index (χ4n) is 2.17. The van der Waals surface area contributed by atoms with Gasteiger partial charge in [-0.3, -0.25) is 9.69 Å². The first kappa shape index (κ1) is 19.7. The van der Waals surface area contributed by atoms with Crippen LogP contribution in [-0.4, -0.2) is 55.7 Å². The molecule has 1 unspecified atom stereocenters. The van der Waals surface area contributed by atoms with Crippen LogP contribution in [0.25, 0.3) is 0 Å². The summed E-state index contributed by atoms with van der Waals surface area (Å²) in [5.41, 5.74) is 0.369. The van der Waals surface area contributed by atoms with Gasteiger partial charge in [0.15, 0.2) is 0 Å². The number of amides is 1. The lowest BCUT2D eigenvalue weighted by molar-refractivity contribution is -0.183. The molecule has 1 atom stereocenters. The number of hydrogen-bond donors (Lipinski definition) is 2. The number of alkyl halides is 3. The Kier molecular flexibility index (Phi) is 7.60. The van der Waals surface area contributed by atoms with Crippen molar-refractivity contribution in [1.82, 2.24) is 15.5 Å². The second-order valence-electron chi connectivity index (χ2n) is 4.69. The minimum absolute atomic E-state index is 0. The molecule has 1 saturated heterocycles. The van der Waals surface area contributed by atoms with Crippen molar-refractivity contribution >= 4 is 45.6 Å². The first-order chi connectivity index (χ1) is 9.88. The fourth-order valence-corrected chi connectivity index (χ4v) is 3.30. The van der Waals surface area contributed by atoms with Crippen molar-refractivity contribution in [3.63, 3.8) is 0 Å². The predicted molar refractivity (Wildman–Crippen MR) is 85.9 cm³/mol. The van der Waals surface area contributed by atoms with Crippen LogP contribution in [0.15, 0.2) is 15.2 Å². The van der Waals surface area contributed by atoms with E-state index in [1.54, 1.807) is 11.4 Å². The van der Waals surface area contributed by atoms with Crippen LogP contribution >= 0.6 is 39.7 Å². The van der Waals surface area contributed by atoms with Crippen molar-refractivity contribution in [3.05, 3.63) is 20.8 Å². The van der Waals surface area contributed by atoms with Crippen LogP contribution in [0, 0.1) is 0 Å². The molecule has 4 nitrogen and oxygen atoms in total. The molecule has 1 aliphatic heterocycles. The molecule has 0 aliphatic carbocycles. The standard InChI is InChI=1S/C12H15BrF3N3OS.ClH/c13-10-5-8(7-21-10)11(20)18-6-9(12(14,15)16)19-3-1-17-2-4-19;/h5,7,9,17H,1-4,6H2,(H,18,20);1H. The average Bonchev–Trinajstić information content (AvgIpc) is 2.85. The maximum atomic E-state index is 13.1. The summed E-state index contributed by atoms with van der Waals surface area (Å²) in [5.74, 6) is -0.485. The smallest absolute Gasteiger partial charge is 0.350 e. The highest BCUT2D eigenvalue weighted by Gasteiger charge is 2.43. The molecule has 0 saturated carbocycles. The summed E-state index contributed by atoms with van der Waals surface area (Å²) in [6, 6.07) is -0.0569. The van der Waals surface area contributed by atoms with Gasteiger partial charge in [-0.05, 0) is 22.0 Å². The van der Waals surface area contributed by atoms with Gasteiger partial charge < -0.3 is 10.6 Å². The second-order valence-corrected chi connectivity index (χ2v) is 6.98. The summed E-state index contributed by atoms with van der Waals surface area (Å²) in [6.07, 6.45) is -4.36. The topological polar surface area (TPSA) is 44.4 Å². The van der Waals surface area contributed by atoms with Crippen LogP contribution in [0.3, 0.4) is 0 Å². The van der Waals surface area contributed by atoms with Gasteiger partial charge in [0.05, 0.1) is 9.35 Å². The number of thiophene rings is 1. The molecule has 22 heavy (non-hydrogen) atoms. The zero-order chi connectivity index (χ0) is 15.5. The minimum Gasteiger partial charge on any atom is -0.350 e. The van der Waals surface area contributed by atoms with Crippen LogP contribution in [0.2, 0.25) is 0 Å². The molecule has 2 heterocycles. The first-order valence-electron chi connectivity index (χ1n) is 6.41. The Hall–Kier alpha value is -0.350. The Morgan fingerprint density at radius 1 is 1.45 bits per heavy atom. The Morgan fingerprint density at radius 2 is 2.09 bits per heavy atom. The lowest BCUT2D eigenvalue weighted by atomic mass is 10.2. The quantitative estimate of drug-likeness (QED) is 0.784. The number of hydrogen-bond acceptors (Lipinski definition) is 4. The van der Waals surface area contributed by atoms with Crippen molar-refractivity contribution in [2.45, 2.75) is 12.2 Å². The SMILES string of the molecule is Cl.O=C(NCC(N1CCNCC1)C(F)(F)F)c1csc(Br)c1. The summed E-state index contributed by atoms with van der Waals surface area (Å²) in [4.78, 5) is 13.2. The molecule has 1 amide bonds. The molecule has 1 aliphatic rings. The van der Waals surface area contributed by atoms with Crippen molar-refractivity contribution in [1.29, 1.82) is 0 Å². The highest BCUT2D eigenvalue weighted by Crippen LogP contribution is 2.25. The van der Waals surface area contributed by atoms with Crippen LogP contribution in [0.1, 0.15) is 10.4 Å². The molecular weight excluding hydrogens is 407 g/mol. The number of rotatable bonds is 4. The average molecular weight is 423 g/mol. The molecule has 10 heteroatoms. The zero-order valence-corrected chi connectivity index (χ0v) is 14.7. The molecule has 0 radical (unpaired) electrons. The summed E-state index contributed by atoms with van der Waals surface area (Å²) >= 11 is 4.53. The number of halogens is 5. The molecule has 2 N–H and O–H groups in total. The molecule has 0 bridgehead atoms. The largest absolute Gasteiger partial charge is 0.405 e. The number of nitrogens with zero attached hydrogens (tertiary/aromatic N) is 1. The van der Waals surface area contributed by atoms with Crippen molar-refractivity contribution in [2.75, 3.05) is 32.7 Å². The van der Waals surface area contributed by atoms with Gasteiger partial charge in [0.2, 0.25) is 0 Å². The van der Waals surface area contributed by atoms with Crippen LogP contribution in [0.5, 0.6) is 0 Å². The number of carbonyl (C=O) groups is 1. The normalized spacial score (nSPS) is 17.6. The van der Waals surface area contributed by atoms with Crippen LogP contribution in [0.4, 0.5) is 13.2 Å². The molecule has 0 spiro atoms. The summed E-state index contributed by atoms with van der Waals surface area (Å²) < 4.78 is 40.2. The Balaban J connectivity index is 0.00000242. The lowest BCUT2D eigenvalue weighted by Gasteiger charge is -2.35. The van der Waals surface area contributed by atoms with Gasteiger partial charge in [-0.1, -0.05) is 0 Å². The summed E-state index contributed by atoms with van der Waals surface area (Å²) in [7, 11) is 0. The predicted octanol–water partition coefficient (Wildman–Crippen LogP) is 2.50. The molecular formula is C12H16BrClF3N3OS. The maximum Gasteiger partial charge on any atom is 0.405 e. The molecule has 1 fully saturated rings. The molecule has 126 valence electrons. The van der Waals surface area contributed by atoms with E-state index in [2.05, 4.69) is 26.6 Å². The van der Waals surface area contributed by atoms with Crippen molar-refractivity contribution in [2.24, 2.45) is 0 Å². The van der Waals surface area contributed by atoms with E-state index in [4.69, 9.17) is 0 Å². The van der Waals surface area contributed by atoms with Crippen LogP contribution in [-0.2, 0) is 0 Å².